The Morgan fingerprint density at radius 1 is 1.04 bits per heavy atom. The van der Waals surface area contributed by atoms with Gasteiger partial charge in [0, 0.05) is 16.6 Å². The van der Waals surface area contributed by atoms with Crippen LogP contribution in [-0.4, -0.2) is 17.9 Å². The van der Waals surface area contributed by atoms with Gasteiger partial charge in [0.1, 0.15) is 0 Å². The Labute approximate surface area is 168 Å². The van der Waals surface area contributed by atoms with Crippen molar-refractivity contribution in [2.45, 2.75) is 37.8 Å². The summed E-state index contributed by atoms with van der Waals surface area (Å²) in [6.45, 7) is 0. The number of hydrogen-bond donors (Lipinski definition) is 1. The molecule has 1 saturated carbocycles. The van der Waals surface area contributed by atoms with Crippen molar-refractivity contribution in [1.29, 1.82) is 0 Å². The molecule has 0 unspecified atom stereocenters. The van der Waals surface area contributed by atoms with Crippen LogP contribution < -0.4 is 10.2 Å². The molecule has 0 radical (unpaired) electrons. The standard InChI is InChI=1S/C22H22N2O3S/c25-21(23-16-8-4-5-9-16)20(19-13-7-15-28-19)24(17-10-2-1-3-11-17)22(26)18-12-6-14-27-18/h1-3,6-7,10-16,20H,4-5,8-9H2,(H,23,25)/t20-/m1/s1. The lowest BCUT2D eigenvalue weighted by molar-refractivity contribution is -0.123. The van der Waals surface area contributed by atoms with E-state index in [0.717, 1.165) is 30.6 Å². The van der Waals surface area contributed by atoms with Crippen LogP contribution in [0.25, 0.3) is 0 Å². The minimum Gasteiger partial charge on any atom is -0.459 e. The van der Waals surface area contributed by atoms with E-state index in [1.807, 2.05) is 47.8 Å². The Bertz CT molecular complexity index is 901. The fraction of sp³-hybridized carbons (Fsp3) is 0.273. The summed E-state index contributed by atoms with van der Waals surface area (Å²) in [7, 11) is 0. The number of anilines is 1. The van der Waals surface area contributed by atoms with Crippen LogP contribution in [0.3, 0.4) is 0 Å². The van der Waals surface area contributed by atoms with Crippen LogP contribution in [0.4, 0.5) is 5.69 Å². The van der Waals surface area contributed by atoms with Gasteiger partial charge in [-0.25, -0.2) is 0 Å². The van der Waals surface area contributed by atoms with Gasteiger partial charge in [-0.1, -0.05) is 37.1 Å². The van der Waals surface area contributed by atoms with Gasteiger partial charge in [-0.3, -0.25) is 14.5 Å². The third-order valence-corrected chi connectivity index (χ3v) is 5.93. The maximum Gasteiger partial charge on any atom is 0.295 e. The number of amides is 2. The van der Waals surface area contributed by atoms with Gasteiger partial charge >= 0.3 is 0 Å². The average Bonchev–Trinajstić information content (AvgIpc) is 3.49. The van der Waals surface area contributed by atoms with E-state index in [9.17, 15) is 9.59 Å². The zero-order chi connectivity index (χ0) is 19.3. The van der Waals surface area contributed by atoms with Crippen molar-refractivity contribution in [3.63, 3.8) is 0 Å². The Morgan fingerprint density at radius 2 is 1.82 bits per heavy atom. The number of thiophene rings is 1. The molecule has 4 rings (SSSR count). The highest BCUT2D eigenvalue weighted by molar-refractivity contribution is 7.10. The van der Waals surface area contributed by atoms with E-state index in [2.05, 4.69) is 5.32 Å². The number of hydrogen-bond acceptors (Lipinski definition) is 4. The van der Waals surface area contributed by atoms with Crippen molar-refractivity contribution >= 4 is 28.8 Å². The van der Waals surface area contributed by atoms with Crippen molar-refractivity contribution in [2.24, 2.45) is 0 Å². The van der Waals surface area contributed by atoms with Crippen LogP contribution in [0.1, 0.15) is 47.2 Å². The molecule has 1 N–H and O–H groups in total. The van der Waals surface area contributed by atoms with Crippen LogP contribution in [0.15, 0.2) is 70.7 Å². The SMILES string of the molecule is O=C(NC1CCCC1)[C@@H](c1cccs1)N(C(=O)c1ccco1)c1ccccc1. The second kappa shape index (κ2) is 8.44. The summed E-state index contributed by atoms with van der Waals surface area (Å²) in [5.41, 5.74) is 0.656. The molecule has 3 aromatic rings. The normalized spacial score (nSPS) is 15.3. The van der Waals surface area contributed by atoms with Gasteiger partial charge in [-0.2, -0.15) is 0 Å². The molecule has 0 bridgehead atoms. The molecule has 28 heavy (non-hydrogen) atoms. The summed E-state index contributed by atoms with van der Waals surface area (Å²) < 4.78 is 5.36. The number of nitrogens with zero attached hydrogens (tertiary/aromatic N) is 1. The monoisotopic (exact) mass is 394 g/mol. The second-order valence-corrected chi connectivity index (χ2v) is 7.88. The van der Waals surface area contributed by atoms with Crippen LogP contribution in [0.5, 0.6) is 0 Å². The Hall–Kier alpha value is -2.86. The first-order chi connectivity index (χ1) is 13.7. The second-order valence-electron chi connectivity index (χ2n) is 6.90. The molecule has 6 heteroatoms. The molecule has 1 atom stereocenters. The maximum atomic E-state index is 13.4. The fourth-order valence-corrected chi connectivity index (χ4v) is 4.47. The predicted molar refractivity (Wildman–Crippen MR) is 109 cm³/mol. The largest absolute Gasteiger partial charge is 0.459 e. The van der Waals surface area contributed by atoms with Crippen LogP contribution >= 0.6 is 11.3 Å². The minimum atomic E-state index is -0.749. The van der Waals surface area contributed by atoms with E-state index < -0.39 is 6.04 Å². The molecule has 0 aliphatic heterocycles. The molecular formula is C22H22N2O3S. The molecule has 1 aromatic carbocycles. The smallest absolute Gasteiger partial charge is 0.295 e. The molecule has 144 valence electrons. The number of furan rings is 1. The van der Waals surface area contributed by atoms with E-state index in [0.29, 0.717) is 5.69 Å². The zero-order valence-electron chi connectivity index (χ0n) is 15.4. The van der Waals surface area contributed by atoms with E-state index in [4.69, 9.17) is 4.42 Å². The van der Waals surface area contributed by atoms with Crippen molar-refractivity contribution in [3.8, 4) is 0 Å². The topological polar surface area (TPSA) is 62.6 Å². The summed E-state index contributed by atoms with van der Waals surface area (Å²) in [4.78, 5) is 29.1. The molecule has 5 nitrogen and oxygen atoms in total. The van der Waals surface area contributed by atoms with Gasteiger partial charge in [0.2, 0.25) is 5.91 Å². The highest BCUT2D eigenvalue weighted by atomic mass is 32.1. The van der Waals surface area contributed by atoms with Gasteiger partial charge in [0.25, 0.3) is 5.91 Å². The molecule has 0 saturated heterocycles. The number of nitrogens with one attached hydrogen (secondary N) is 1. The minimum absolute atomic E-state index is 0.155. The summed E-state index contributed by atoms with van der Waals surface area (Å²) in [5.74, 6) is -0.284. The van der Waals surface area contributed by atoms with Crippen molar-refractivity contribution in [3.05, 3.63) is 76.9 Å². The lowest BCUT2D eigenvalue weighted by atomic mass is 10.1. The molecule has 1 aliphatic carbocycles. The van der Waals surface area contributed by atoms with Gasteiger partial charge in [0.15, 0.2) is 11.8 Å². The van der Waals surface area contributed by atoms with Gasteiger partial charge < -0.3 is 9.73 Å². The molecular weight excluding hydrogens is 372 g/mol. The first kappa shape index (κ1) is 18.5. The number of rotatable bonds is 6. The van der Waals surface area contributed by atoms with Gasteiger partial charge in [0.05, 0.1) is 6.26 Å². The van der Waals surface area contributed by atoms with E-state index in [-0.39, 0.29) is 23.6 Å². The quantitative estimate of drug-likeness (QED) is 0.654. The van der Waals surface area contributed by atoms with Gasteiger partial charge in [-0.05, 0) is 48.6 Å². The summed E-state index contributed by atoms with van der Waals surface area (Å²) >= 11 is 1.47. The summed E-state index contributed by atoms with van der Waals surface area (Å²) in [5, 5.41) is 5.08. The molecule has 2 amide bonds. The zero-order valence-corrected chi connectivity index (χ0v) is 16.2. The van der Waals surface area contributed by atoms with Crippen molar-refractivity contribution in [2.75, 3.05) is 4.90 Å². The average molecular weight is 394 g/mol. The van der Waals surface area contributed by atoms with Gasteiger partial charge in [-0.15, -0.1) is 11.3 Å². The van der Waals surface area contributed by atoms with Crippen molar-refractivity contribution < 1.29 is 14.0 Å². The lowest BCUT2D eigenvalue weighted by Crippen LogP contribution is -2.46. The number of carbonyl (C=O) groups excluding carboxylic acids is 2. The lowest BCUT2D eigenvalue weighted by Gasteiger charge is -2.30. The molecule has 1 fully saturated rings. The Balaban J connectivity index is 1.74. The highest BCUT2D eigenvalue weighted by Crippen LogP contribution is 2.32. The first-order valence-electron chi connectivity index (χ1n) is 9.50. The Morgan fingerprint density at radius 3 is 2.46 bits per heavy atom. The van der Waals surface area contributed by atoms with Crippen LogP contribution in [-0.2, 0) is 4.79 Å². The summed E-state index contributed by atoms with van der Waals surface area (Å²) in [6.07, 6.45) is 5.70. The maximum absolute atomic E-state index is 13.4. The van der Waals surface area contributed by atoms with E-state index in [1.165, 1.54) is 22.5 Å². The number of benzene rings is 1. The number of carbonyl (C=O) groups is 2. The highest BCUT2D eigenvalue weighted by Gasteiger charge is 2.36. The molecule has 2 aromatic heterocycles. The summed E-state index contributed by atoms with van der Waals surface area (Å²) in [6, 6.07) is 15.8. The third-order valence-electron chi connectivity index (χ3n) is 5.01. The third kappa shape index (κ3) is 3.87. The predicted octanol–water partition coefficient (Wildman–Crippen LogP) is 4.79. The van der Waals surface area contributed by atoms with E-state index >= 15 is 0 Å². The molecule has 1 aliphatic rings. The molecule has 0 spiro atoms. The Kier molecular flexibility index (Phi) is 5.58. The van der Waals surface area contributed by atoms with Crippen molar-refractivity contribution in [1.82, 2.24) is 5.32 Å². The van der Waals surface area contributed by atoms with Crippen LogP contribution in [0.2, 0.25) is 0 Å². The molecule has 2 heterocycles. The van der Waals surface area contributed by atoms with E-state index in [1.54, 1.807) is 12.1 Å². The first-order valence-corrected chi connectivity index (χ1v) is 10.4. The fourth-order valence-electron chi connectivity index (χ4n) is 3.66. The van der Waals surface area contributed by atoms with Crippen LogP contribution in [0, 0.1) is 0 Å². The number of para-hydroxylation sites is 1.